The molecule has 0 unspecified atom stereocenters. The fourth-order valence-electron chi connectivity index (χ4n) is 5.96. The van der Waals surface area contributed by atoms with E-state index in [1.165, 1.54) is 65.3 Å². The van der Waals surface area contributed by atoms with Crippen molar-refractivity contribution in [1.29, 1.82) is 0 Å². The first-order valence-electron chi connectivity index (χ1n) is 13.7. The van der Waals surface area contributed by atoms with E-state index in [9.17, 15) is 0 Å². The Morgan fingerprint density at radius 1 is 0.450 bits per heavy atom. The second-order valence-electron chi connectivity index (χ2n) is 10.3. The van der Waals surface area contributed by atoms with Crippen molar-refractivity contribution in [3.8, 4) is 22.3 Å². The lowest BCUT2D eigenvalue weighted by Gasteiger charge is -2.16. The number of fused-ring (bicyclic) bond motifs is 6. The van der Waals surface area contributed by atoms with E-state index in [1.54, 1.807) is 0 Å². The smallest absolute Gasteiger partial charge is 0.00928 e. The van der Waals surface area contributed by atoms with Crippen LogP contribution in [0.15, 0.2) is 159 Å². The SMILES string of the molecule is C=C/C=C(\C=C)c1ccc2c(c1)c(-c1ccc3ccccc3c1)cc1c3ccc(-c4ccccc4)cc3ccc21. The molecule has 7 aromatic carbocycles. The van der Waals surface area contributed by atoms with Crippen LogP contribution in [0.1, 0.15) is 5.56 Å². The van der Waals surface area contributed by atoms with Gasteiger partial charge in [-0.2, -0.15) is 0 Å². The Kier molecular flexibility index (Phi) is 5.87. The van der Waals surface area contributed by atoms with Gasteiger partial charge in [0, 0.05) is 0 Å². The number of hydrogen-bond acceptors (Lipinski definition) is 0. The average molecular weight is 509 g/mol. The van der Waals surface area contributed by atoms with Crippen LogP contribution in [-0.2, 0) is 0 Å². The van der Waals surface area contributed by atoms with Gasteiger partial charge < -0.3 is 0 Å². The maximum absolute atomic E-state index is 4.05. The van der Waals surface area contributed by atoms with Crippen molar-refractivity contribution in [1.82, 2.24) is 0 Å². The highest BCUT2D eigenvalue weighted by molar-refractivity contribution is 6.21. The van der Waals surface area contributed by atoms with E-state index in [1.807, 2.05) is 18.2 Å². The third-order valence-corrected chi connectivity index (χ3v) is 7.97. The summed E-state index contributed by atoms with van der Waals surface area (Å²) in [6.45, 7) is 7.95. The molecule has 0 aliphatic heterocycles. The van der Waals surface area contributed by atoms with Crippen LogP contribution in [-0.4, -0.2) is 0 Å². The summed E-state index contributed by atoms with van der Waals surface area (Å²) in [7, 11) is 0. The third-order valence-electron chi connectivity index (χ3n) is 7.97. The van der Waals surface area contributed by atoms with Gasteiger partial charge in [-0.25, -0.2) is 0 Å². The van der Waals surface area contributed by atoms with Gasteiger partial charge in [-0.05, 0) is 101 Å². The Bertz CT molecular complexity index is 2120. The summed E-state index contributed by atoms with van der Waals surface area (Å²) in [6, 6.07) is 46.5. The molecule has 0 heteroatoms. The van der Waals surface area contributed by atoms with E-state index in [0.29, 0.717) is 0 Å². The van der Waals surface area contributed by atoms with Crippen LogP contribution in [0.5, 0.6) is 0 Å². The Labute approximate surface area is 234 Å². The van der Waals surface area contributed by atoms with Gasteiger partial charge in [0.2, 0.25) is 0 Å². The first kappa shape index (κ1) is 23.9. The summed E-state index contributed by atoms with van der Waals surface area (Å²) in [5.74, 6) is 0. The van der Waals surface area contributed by atoms with E-state index in [-0.39, 0.29) is 0 Å². The van der Waals surface area contributed by atoms with E-state index in [2.05, 4.69) is 141 Å². The first-order valence-corrected chi connectivity index (χ1v) is 13.7. The Hall–Kier alpha value is -5.20. The van der Waals surface area contributed by atoms with Crippen molar-refractivity contribution in [2.24, 2.45) is 0 Å². The fraction of sp³-hybridized carbons (Fsp3) is 0. The summed E-state index contributed by atoms with van der Waals surface area (Å²) in [5, 5.41) is 10.0. The molecule has 0 atom stereocenters. The van der Waals surface area contributed by atoms with Gasteiger partial charge in [-0.3, -0.25) is 0 Å². The van der Waals surface area contributed by atoms with E-state index in [0.717, 1.165) is 11.1 Å². The van der Waals surface area contributed by atoms with Crippen molar-refractivity contribution in [3.05, 3.63) is 164 Å². The van der Waals surface area contributed by atoms with Gasteiger partial charge in [0.1, 0.15) is 0 Å². The standard InChI is InChI=1S/C40H28/c1-3-10-27(4-2)32-18-21-36-37-22-19-33-24-31(28-11-6-5-7-12-28)17-20-35(33)40(37)26-38(39(36)25-32)34-16-15-29-13-8-9-14-30(29)23-34/h3-26H,1-2H2/b27-10+. The summed E-state index contributed by atoms with van der Waals surface area (Å²) >= 11 is 0. The van der Waals surface area contributed by atoms with Gasteiger partial charge in [0.15, 0.2) is 0 Å². The van der Waals surface area contributed by atoms with Crippen LogP contribution in [0.4, 0.5) is 0 Å². The molecule has 40 heavy (non-hydrogen) atoms. The van der Waals surface area contributed by atoms with Crippen molar-refractivity contribution in [3.63, 3.8) is 0 Å². The molecular weight excluding hydrogens is 480 g/mol. The molecule has 0 bridgehead atoms. The molecule has 0 saturated carbocycles. The molecule has 188 valence electrons. The lowest BCUT2D eigenvalue weighted by molar-refractivity contribution is 1.65. The van der Waals surface area contributed by atoms with Crippen molar-refractivity contribution < 1.29 is 0 Å². The highest BCUT2D eigenvalue weighted by Crippen LogP contribution is 2.40. The molecule has 0 amide bonds. The van der Waals surface area contributed by atoms with Crippen molar-refractivity contribution >= 4 is 48.7 Å². The lowest BCUT2D eigenvalue weighted by Crippen LogP contribution is -1.89. The van der Waals surface area contributed by atoms with E-state index < -0.39 is 0 Å². The van der Waals surface area contributed by atoms with Crippen LogP contribution in [0.2, 0.25) is 0 Å². The maximum atomic E-state index is 4.05. The molecular formula is C40H28. The minimum absolute atomic E-state index is 1.06. The molecule has 7 rings (SSSR count). The zero-order chi connectivity index (χ0) is 27.1. The quantitative estimate of drug-likeness (QED) is 0.160. The molecule has 0 saturated heterocycles. The number of benzene rings is 7. The summed E-state index contributed by atoms with van der Waals surface area (Å²) in [5.41, 5.74) is 7.12. The molecule has 0 fully saturated rings. The second-order valence-corrected chi connectivity index (χ2v) is 10.3. The minimum atomic E-state index is 1.06. The van der Waals surface area contributed by atoms with Crippen molar-refractivity contribution in [2.45, 2.75) is 0 Å². The second kappa shape index (κ2) is 9.84. The molecule has 0 aromatic heterocycles. The molecule has 0 N–H and O–H groups in total. The monoisotopic (exact) mass is 508 g/mol. The van der Waals surface area contributed by atoms with Gasteiger partial charge in [-0.15, -0.1) is 0 Å². The predicted molar refractivity (Wildman–Crippen MR) is 176 cm³/mol. The van der Waals surface area contributed by atoms with Gasteiger partial charge in [0.05, 0.1) is 0 Å². The summed E-state index contributed by atoms with van der Waals surface area (Å²) in [6.07, 6.45) is 5.74. The Balaban J connectivity index is 1.54. The number of rotatable bonds is 5. The van der Waals surface area contributed by atoms with E-state index in [4.69, 9.17) is 0 Å². The highest BCUT2D eigenvalue weighted by Gasteiger charge is 2.13. The van der Waals surface area contributed by atoms with Gasteiger partial charge in [0.25, 0.3) is 0 Å². The van der Waals surface area contributed by atoms with Crippen LogP contribution < -0.4 is 0 Å². The molecule has 0 spiro atoms. The molecule has 0 heterocycles. The first-order chi connectivity index (χ1) is 19.7. The van der Waals surface area contributed by atoms with Crippen molar-refractivity contribution in [2.75, 3.05) is 0 Å². The van der Waals surface area contributed by atoms with Crippen LogP contribution in [0.25, 0.3) is 70.9 Å². The van der Waals surface area contributed by atoms with Crippen LogP contribution >= 0.6 is 0 Å². The minimum Gasteiger partial charge on any atom is -0.0990 e. The predicted octanol–water partition coefficient (Wildman–Crippen LogP) is 11.4. The zero-order valence-electron chi connectivity index (χ0n) is 22.3. The topological polar surface area (TPSA) is 0 Å². The average Bonchev–Trinajstić information content (AvgIpc) is 3.02. The van der Waals surface area contributed by atoms with Gasteiger partial charge >= 0.3 is 0 Å². The number of allylic oxidation sites excluding steroid dienone is 4. The fourth-order valence-corrected chi connectivity index (χ4v) is 5.96. The Morgan fingerprint density at radius 2 is 1.12 bits per heavy atom. The maximum Gasteiger partial charge on any atom is -0.00928 e. The third kappa shape index (κ3) is 4.02. The van der Waals surface area contributed by atoms with Gasteiger partial charge in [-0.1, -0.05) is 135 Å². The largest absolute Gasteiger partial charge is 0.0990 e. The highest BCUT2D eigenvalue weighted by atomic mass is 14.2. The summed E-state index contributed by atoms with van der Waals surface area (Å²) in [4.78, 5) is 0. The van der Waals surface area contributed by atoms with Crippen LogP contribution in [0.3, 0.4) is 0 Å². The van der Waals surface area contributed by atoms with Crippen LogP contribution in [0, 0.1) is 0 Å². The van der Waals surface area contributed by atoms with E-state index >= 15 is 0 Å². The lowest BCUT2D eigenvalue weighted by atomic mass is 9.88. The Morgan fingerprint density at radius 3 is 1.95 bits per heavy atom. The summed E-state index contributed by atoms with van der Waals surface area (Å²) < 4.78 is 0. The molecule has 7 aromatic rings. The zero-order valence-corrected chi connectivity index (χ0v) is 22.3. The number of hydrogen-bond donors (Lipinski definition) is 0. The molecule has 0 aliphatic carbocycles. The normalized spacial score (nSPS) is 11.8. The molecule has 0 nitrogen and oxygen atoms in total. The molecule has 0 radical (unpaired) electrons. The molecule has 0 aliphatic rings.